The fraction of sp³-hybridized carbons (Fsp3) is 0.647. The standard InChI is InChI=1S/C17H23NO/c1-12-10-18-11-17(19,13-6-4-3-5-7-13)15-9-8-14(12)16(15,18)2/h3-7,12,14-15,19H,8-11H2,1-2H3/t12-,14+,15+,16-,17+/m1/s1. The van der Waals surface area contributed by atoms with Crippen molar-refractivity contribution < 1.29 is 5.11 Å². The lowest BCUT2D eigenvalue weighted by molar-refractivity contribution is -0.00173. The van der Waals surface area contributed by atoms with Crippen LogP contribution in [0.3, 0.4) is 0 Å². The minimum absolute atomic E-state index is 0.226. The summed E-state index contributed by atoms with van der Waals surface area (Å²) in [4.78, 5) is 2.58. The van der Waals surface area contributed by atoms with Crippen molar-refractivity contribution in [3.8, 4) is 0 Å². The van der Waals surface area contributed by atoms with Crippen molar-refractivity contribution >= 4 is 0 Å². The third-order valence-corrected chi connectivity index (χ3v) is 6.38. The van der Waals surface area contributed by atoms with E-state index in [0.717, 1.165) is 30.5 Å². The number of benzene rings is 1. The van der Waals surface area contributed by atoms with E-state index in [2.05, 4.69) is 30.9 Å². The van der Waals surface area contributed by atoms with Crippen LogP contribution in [0.4, 0.5) is 0 Å². The second kappa shape index (κ2) is 3.62. The minimum Gasteiger partial charge on any atom is -0.383 e. The SMILES string of the molecule is C[C@@H]1CN2C[C@](O)(c3ccccc3)[C@H]3CC[C@@H]1[C@]32C. The number of hydrogen-bond donors (Lipinski definition) is 1. The maximum atomic E-state index is 11.4. The molecule has 2 nitrogen and oxygen atoms in total. The molecule has 4 rings (SSSR count). The van der Waals surface area contributed by atoms with Crippen molar-refractivity contribution in [1.29, 1.82) is 0 Å². The maximum Gasteiger partial charge on any atom is 0.107 e. The summed E-state index contributed by atoms with van der Waals surface area (Å²) in [5, 5.41) is 11.4. The van der Waals surface area contributed by atoms with Crippen molar-refractivity contribution in [2.45, 2.75) is 37.8 Å². The van der Waals surface area contributed by atoms with Crippen LogP contribution < -0.4 is 0 Å². The van der Waals surface area contributed by atoms with Crippen LogP contribution >= 0.6 is 0 Å². The molecule has 2 heteroatoms. The molecule has 1 aliphatic carbocycles. The molecule has 1 aromatic rings. The first-order chi connectivity index (χ1) is 9.07. The highest BCUT2D eigenvalue weighted by atomic mass is 16.3. The lowest BCUT2D eigenvalue weighted by Gasteiger charge is -2.35. The molecule has 19 heavy (non-hydrogen) atoms. The van der Waals surface area contributed by atoms with E-state index in [1.807, 2.05) is 18.2 Å². The molecule has 0 bridgehead atoms. The Morgan fingerprint density at radius 1 is 1.21 bits per heavy atom. The van der Waals surface area contributed by atoms with Crippen LogP contribution in [0.25, 0.3) is 0 Å². The number of aliphatic hydroxyl groups is 1. The van der Waals surface area contributed by atoms with Gasteiger partial charge in [-0.25, -0.2) is 0 Å². The number of β-amino-alcohol motifs (C(OH)–C–C–N with tert-alkyl or cyclic N) is 1. The summed E-state index contributed by atoms with van der Waals surface area (Å²) in [7, 11) is 0. The largest absolute Gasteiger partial charge is 0.383 e. The fourth-order valence-electron chi connectivity index (χ4n) is 5.55. The van der Waals surface area contributed by atoms with Gasteiger partial charge in [-0.15, -0.1) is 0 Å². The van der Waals surface area contributed by atoms with Gasteiger partial charge in [0.05, 0.1) is 0 Å². The van der Waals surface area contributed by atoms with Gasteiger partial charge < -0.3 is 5.11 Å². The smallest absolute Gasteiger partial charge is 0.107 e. The Balaban J connectivity index is 1.80. The summed E-state index contributed by atoms with van der Waals surface area (Å²) in [6.07, 6.45) is 2.46. The van der Waals surface area contributed by atoms with Crippen LogP contribution in [0.15, 0.2) is 30.3 Å². The maximum absolute atomic E-state index is 11.4. The Morgan fingerprint density at radius 2 is 1.95 bits per heavy atom. The van der Waals surface area contributed by atoms with Gasteiger partial charge in [-0.05, 0) is 37.2 Å². The normalized spacial score (nSPS) is 48.7. The molecule has 1 saturated carbocycles. The molecule has 1 aromatic carbocycles. The summed E-state index contributed by atoms with van der Waals surface area (Å²) in [5.74, 6) is 1.96. The number of rotatable bonds is 1. The molecule has 5 atom stereocenters. The molecule has 1 N–H and O–H groups in total. The lowest BCUT2D eigenvalue weighted by atomic mass is 9.74. The van der Waals surface area contributed by atoms with Crippen molar-refractivity contribution in [1.82, 2.24) is 4.90 Å². The van der Waals surface area contributed by atoms with E-state index >= 15 is 0 Å². The van der Waals surface area contributed by atoms with E-state index in [1.54, 1.807) is 0 Å². The van der Waals surface area contributed by atoms with E-state index in [0.29, 0.717) is 5.92 Å². The Bertz CT molecular complexity index is 501. The molecule has 0 aromatic heterocycles. The molecule has 0 amide bonds. The predicted octanol–water partition coefficient (Wildman–Crippen LogP) is 2.62. The molecule has 2 saturated heterocycles. The summed E-state index contributed by atoms with van der Waals surface area (Å²) in [6, 6.07) is 10.3. The monoisotopic (exact) mass is 257 g/mol. The highest BCUT2D eigenvalue weighted by Gasteiger charge is 2.68. The Morgan fingerprint density at radius 3 is 2.68 bits per heavy atom. The summed E-state index contributed by atoms with van der Waals surface area (Å²) >= 11 is 0. The van der Waals surface area contributed by atoms with Crippen LogP contribution in [0, 0.1) is 17.8 Å². The highest BCUT2D eigenvalue weighted by molar-refractivity contribution is 5.31. The third kappa shape index (κ3) is 1.29. The average Bonchev–Trinajstić information content (AvgIpc) is 2.95. The van der Waals surface area contributed by atoms with Gasteiger partial charge >= 0.3 is 0 Å². The van der Waals surface area contributed by atoms with Gasteiger partial charge in [0.25, 0.3) is 0 Å². The van der Waals surface area contributed by atoms with Crippen LogP contribution in [0.1, 0.15) is 32.3 Å². The van der Waals surface area contributed by atoms with Crippen molar-refractivity contribution in [2.75, 3.05) is 13.1 Å². The van der Waals surface area contributed by atoms with Gasteiger partial charge in [0.15, 0.2) is 0 Å². The second-order valence-corrected chi connectivity index (χ2v) is 7.11. The van der Waals surface area contributed by atoms with E-state index in [1.165, 1.54) is 12.8 Å². The zero-order valence-electron chi connectivity index (χ0n) is 11.8. The molecule has 3 aliphatic rings. The fourth-order valence-corrected chi connectivity index (χ4v) is 5.55. The topological polar surface area (TPSA) is 23.5 Å². The first-order valence-electron chi connectivity index (χ1n) is 7.60. The van der Waals surface area contributed by atoms with Crippen LogP contribution in [0.2, 0.25) is 0 Å². The molecule has 102 valence electrons. The molecular weight excluding hydrogens is 234 g/mol. The molecule has 2 aliphatic heterocycles. The van der Waals surface area contributed by atoms with Crippen molar-refractivity contribution in [2.24, 2.45) is 17.8 Å². The summed E-state index contributed by atoms with van der Waals surface area (Å²) in [6.45, 7) is 6.77. The summed E-state index contributed by atoms with van der Waals surface area (Å²) in [5.41, 5.74) is 0.707. The molecule has 0 unspecified atom stereocenters. The zero-order valence-corrected chi connectivity index (χ0v) is 11.8. The van der Waals surface area contributed by atoms with Gasteiger partial charge in [-0.2, -0.15) is 0 Å². The highest BCUT2D eigenvalue weighted by Crippen LogP contribution is 2.62. The zero-order chi connectivity index (χ0) is 13.3. The molecule has 0 spiro atoms. The minimum atomic E-state index is -0.634. The molecule has 2 heterocycles. The van der Waals surface area contributed by atoms with E-state index < -0.39 is 5.60 Å². The van der Waals surface area contributed by atoms with Crippen molar-refractivity contribution in [3.05, 3.63) is 35.9 Å². The second-order valence-electron chi connectivity index (χ2n) is 7.11. The molecule has 3 fully saturated rings. The van der Waals surface area contributed by atoms with Crippen LogP contribution in [-0.4, -0.2) is 28.6 Å². The first-order valence-corrected chi connectivity index (χ1v) is 7.60. The Hall–Kier alpha value is -0.860. The Kier molecular flexibility index (Phi) is 2.27. The van der Waals surface area contributed by atoms with E-state index in [-0.39, 0.29) is 5.54 Å². The first kappa shape index (κ1) is 11.9. The number of nitrogens with zero attached hydrogens (tertiary/aromatic N) is 1. The third-order valence-electron chi connectivity index (χ3n) is 6.38. The quantitative estimate of drug-likeness (QED) is 0.836. The van der Waals surface area contributed by atoms with Gasteiger partial charge in [0, 0.05) is 24.5 Å². The predicted molar refractivity (Wildman–Crippen MR) is 75.7 cm³/mol. The summed E-state index contributed by atoms with van der Waals surface area (Å²) < 4.78 is 0. The van der Waals surface area contributed by atoms with E-state index in [4.69, 9.17) is 0 Å². The number of hydrogen-bond acceptors (Lipinski definition) is 2. The Labute approximate surface area is 115 Å². The molecular formula is C17H23NO. The van der Waals surface area contributed by atoms with Crippen molar-refractivity contribution in [3.63, 3.8) is 0 Å². The van der Waals surface area contributed by atoms with Gasteiger partial charge in [0.2, 0.25) is 0 Å². The van der Waals surface area contributed by atoms with E-state index in [9.17, 15) is 5.11 Å². The van der Waals surface area contributed by atoms with Gasteiger partial charge in [-0.1, -0.05) is 37.3 Å². The van der Waals surface area contributed by atoms with Crippen LogP contribution in [-0.2, 0) is 5.60 Å². The average molecular weight is 257 g/mol. The van der Waals surface area contributed by atoms with Crippen LogP contribution in [0.5, 0.6) is 0 Å². The molecule has 0 radical (unpaired) electrons. The lowest BCUT2D eigenvalue weighted by Crippen LogP contribution is -2.42. The van der Waals surface area contributed by atoms with Gasteiger partial charge in [0.1, 0.15) is 5.60 Å². The van der Waals surface area contributed by atoms with Gasteiger partial charge in [-0.3, -0.25) is 4.90 Å².